The van der Waals surface area contributed by atoms with Crippen LogP contribution in [0.4, 0.5) is 0 Å². The first-order chi connectivity index (χ1) is 16.5. The number of amides is 2. The standard InChI is InChI=1S/C24H20N6O4/c1-14-3-2-4-15(9-14)12-26-23(32)19-11-18(28-21-7-8-27-30(19)21)22(31)25-13-16-5-6-20-17(10-16)29-24(33)34-20/h2-11H,12-13H2,1H3,(H,25,31)(H,26,32)(H,29,33). The van der Waals surface area contributed by atoms with E-state index >= 15 is 0 Å². The van der Waals surface area contributed by atoms with Crippen LogP contribution in [-0.2, 0) is 13.1 Å². The Kier molecular flexibility index (Phi) is 5.38. The van der Waals surface area contributed by atoms with Crippen LogP contribution in [0.25, 0.3) is 16.7 Å². The van der Waals surface area contributed by atoms with E-state index in [1.54, 1.807) is 24.3 Å². The van der Waals surface area contributed by atoms with E-state index in [2.05, 4.69) is 25.7 Å². The van der Waals surface area contributed by atoms with Crippen molar-refractivity contribution in [2.45, 2.75) is 20.0 Å². The molecule has 5 rings (SSSR count). The topological polar surface area (TPSA) is 134 Å². The van der Waals surface area contributed by atoms with Crippen molar-refractivity contribution in [1.82, 2.24) is 30.2 Å². The molecular formula is C24H20N6O4. The van der Waals surface area contributed by atoms with Crippen LogP contribution in [0.3, 0.4) is 0 Å². The molecule has 3 N–H and O–H groups in total. The van der Waals surface area contributed by atoms with Crippen LogP contribution < -0.4 is 16.4 Å². The lowest BCUT2D eigenvalue weighted by molar-refractivity contribution is 0.0942. The van der Waals surface area contributed by atoms with Gasteiger partial charge in [-0.2, -0.15) is 5.10 Å². The van der Waals surface area contributed by atoms with Crippen molar-refractivity contribution in [2.75, 3.05) is 0 Å². The Hall–Kier alpha value is -4.73. The maximum Gasteiger partial charge on any atom is 0.417 e. The summed E-state index contributed by atoms with van der Waals surface area (Å²) in [6.45, 7) is 2.52. The Morgan fingerprint density at radius 3 is 2.62 bits per heavy atom. The molecule has 0 atom stereocenters. The lowest BCUT2D eigenvalue weighted by atomic mass is 10.1. The van der Waals surface area contributed by atoms with E-state index in [9.17, 15) is 14.4 Å². The summed E-state index contributed by atoms with van der Waals surface area (Å²) in [5.41, 5.74) is 4.48. The molecule has 2 amide bonds. The average molecular weight is 456 g/mol. The van der Waals surface area contributed by atoms with Gasteiger partial charge in [-0.05, 0) is 30.2 Å². The monoisotopic (exact) mass is 456 g/mol. The number of H-pyrrole nitrogens is 1. The van der Waals surface area contributed by atoms with Crippen molar-refractivity contribution >= 4 is 28.6 Å². The molecule has 2 aromatic carbocycles. The van der Waals surface area contributed by atoms with Gasteiger partial charge in [-0.15, -0.1) is 0 Å². The summed E-state index contributed by atoms with van der Waals surface area (Å²) >= 11 is 0. The van der Waals surface area contributed by atoms with Crippen molar-refractivity contribution < 1.29 is 14.0 Å². The predicted molar refractivity (Wildman–Crippen MR) is 123 cm³/mol. The maximum atomic E-state index is 12.9. The Bertz CT molecular complexity index is 1600. The Labute approximate surface area is 192 Å². The van der Waals surface area contributed by atoms with Crippen molar-refractivity contribution in [3.8, 4) is 0 Å². The van der Waals surface area contributed by atoms with Crippen LogP contribution in [0.1, 0.15) is 37.7 Å². The van der Waals surface area contributed by atoms with Crippen LogP contribution >= 0.6 is 0 Å². The minimum absolute atomic E-state index is 0.0894. The lowest BCUT2D eigenvalue weighted by Gasteiger charge is -2.10. The summed E-state index contributed by atoms with van der Waals surface area (Å²) in [5, 5.41) is 9.82. The first-order valence-corrected chi connectivity index (χ1v) is 10.5. The minimum atomic E-state index is -0.539. The second kappa shape index (κ2) is 8.66. The third kappa shape index (κ3) is 4.29. The number of carbonyl (C=O) groups is 2. The number of nitrogens with zero attached hydrogens (tertiary/aromatic N) is 3. The van der Waals surface area contributed by atoms with Crippen LogP contribution in [0.15, 0.2) is 70.0 Å². The molecule has 3 aromatic heterocycles. The van der Waals surface area contributed by atoms with E-state index in [1.165, 1.54) is 16.8 Å². The number of oxazole rings is 1. The molecule has 0 aliphatic heterocycles. The first kappa shape index (κ1) is 21.1. The third-order valence-corrected chi connectivity index (χ3v) is 5.30. The number of benzene rings is 2. The first-order valence-electron chi connectivity index (χ1n) is 10.5. The van der Waals surface area contributed by atoms with Crippen molar-refractivity contribution in [2.24, 2.45) is 0 Å². The van der Waals surface area contributed by atoms with Crippen LogP contribution in [0, 0.1) is 6.92 Å². The molecule has 0 fully saturated rings. The number of hydrogen-bond donors (Lipinski definition) is 3. The van der Waals surface area contributed by atoms with Gasteiger partial charge in [0.15, 0.2) is 11.2 Å². The van der Waals surface area contributed by atoms with Gasteiger partial charge in [0.05, 0.1) is 11.7 Å². The van der Waals surface area contributed by atoms with Crippen molar-refractivity contribution in [3.05, 3.63) is 99.4 Å². The molecule has 0 aliphatic rings. The van der Waals surface area contributed by atoms with E-state index in [4.69, 9.17) is 4.42 Å². The molecule has 3 heterocycles. The maximum absolute atomic E-state index is 12.9. The highest BCUT2D eigenvalue weighted by molar-refractivity contribution is 5.98. The number of carbonyl (C=O) groups excluding carboxylic acids is 2. The molecule has 0 spiro atoms. The quantitative estimate of drug-likeness (QED) is 0.359. The SMILES string of the molecule is Cc1cccc(CNC(=O)c2cc(C(=O)NCc3ccc4oc(=O)[nH]c4c3)nc3ccnn23)c1. The number of fused-ring (bicyclic) bond motifs is 2. The third-order valence-electron chi connectivity index (χ3n) is 5.30. The number of nitrogens with one attached hydrogen (secondary N) is 3. The van der Waals surface area contributed by atoms with E-state index < -0.39 is 11.7 Å². The second-order valence-corrected chi connectivity index (χ2v) is 7.83. The Morgan fingerprint density at radius 1 is 1.00 bits per heavy atom. The molecule has 0 bridgehead atoms. The summed E-state index contributed by atoms with van der Waals surface area (Å²) in [7, 11) is 0. The van der Waals surface area contributed by atoms with Gasteiger partial charge >= 0.3 is 5.76 Å². The average Bonchev–Trinajstić information content (AvgIpc) is 3.45. The van der Waals surface area contributed by atoms with Crippen LogP contribution in [0.5, 0.6) is 0 Å². The summed E-state index contributed by atoms with van der Waals surface area (Å²) in [6.07, 6.45) is 1.52. The molecule has 0 radical (unpaired) electrons. The van der Waals surface area contributed by atoms with E-state index in [0.29, 0.717) is 23.3 Å². The largest absolute Gasteiger partial charge is 0.417 e. The van der Waals surface area contributed by atoms with Gasteiger partial charge in [0.1, 0.15) is 11.4 Å². The van der Waals surface area contributed by atoms with Gasteiger partial charge in [-0.25, -0.2) is 14.3 Å². The van der Waals surface area contributed by atoms with E-state index in [-0.39, 0.29) is 23.8 Å². The molecule has 10 heteroatoms. The van der Waals surface area contributed by atoms with Gasteiger partial charge < -0.3 is 15.1 Å². The molecule has 10 nitrogen and oxygen atoms in total. The van der Waals surface area contributed by atoms with Gasteiger partial charge in [0.2, 0.25) is 0 Å². The zero-order chi connectivity index (χ0) is 23.7. The van der Waals surface area contributed by atoms with E-state index in [1.807, 2.05) is 31.2 Å². The molecule has 34 heavy (non-hydrogen) atoms. The number of aryl methyl sites for hydroxylation is 1. The van der Waals surface area contributed by atoms with E-state index in [0.717, 1.165) is 16.7 Å². The molecule has 0 saturated heterocycles. The van der Waals surface area contributed by atoms with Crippen LogP contribution in [0.2, 0.25) is 0 Å². The number of aromatic nitrogens is 4. The predicted octanol–water partition coefficient (Wildman–Crippen LogP) is 2.33. The van der Waals surface area contributed by atoms with Gasteiger partial charge in [0.25, 0.3) is 11.8 Å². The van der Waals surface area contributed by atoms with Gasteiger partial charge in [-0.1, -0.05) is 35.9 Å². The van der Waals surface area contributed by atoms with Crippen LogP contribution in [-0.4, -0.2) is 31.4 Å². The lowest BCUT2D eigenvalue weighted by Crippen LogP contribution is -2.28. The Balaban J connectivity index is 1.34. The van der Waals surface area contributed by atoms with Crippen molar-refractivity contribution in [3.63, 3.8) is 0 Å². The molecule has 170 valence electrons. The highest BCUT2D eigenvalue weighted by atomic mass is 16.4. The number of aromatic amines is 1. The molecule has 0 aliphatic carbocycles. The fourth-order valence-corrected chi connectivity index (χ4v) is 3.67. The normalized spacial score (nSPS) is 11.1. The zero-order valence-electron chi connectivity index (χ0n) is 18.2. The zero-order valence-corrected chi connectivity index (χ0v) is 18.2. The highest BCUT2D eigenvalue weighted by Gasteiger charge is 2.17. The summed E-state index contributed by atoms with van der Waals surface area (Å²) < 4.78 is 6.38. The summed E-state index contributed by atoms with van der Waals surface area (Å²) in [4.78, 5) is 44.0. The van der Waals surface area contributed by atoms with Gasteiger partial charge in [-0.3, -0.25) is 14.6 Å². The molecule has 5 aromatic rings. The summed E-state index contributed by atoms with van der Waals surface area (Å²) in [5.74, 6) is -1.36. The highest BCUT2D eigenvalue weighted by Crippen LogP contribution is 2.13. The number of hydrogen-bond acceptors (Lipinski definition) is 6. The molecule has 0 unspecified atom stereocenters. The summed E-state index contributed by atoms with van der Waals surface area (Å²) in [6, 6.07) is 16.0. The Morgan fingerprint density at radius 2 is 1.79 bits per heavy atom. The smallest absolute Gasteiger partial charge is 0.408 e. The van der Waals surface area contributed by atoms with Crippen molar-refractivity contribution in [1.29, 1.82) is 0 Å². The fourth-order valence-electron chi connectivity index (χ4n) is 3.67. The molecular weight excluding hydrogens is 436 g/mol. The molecule has 0 saturated carbocycles. The fraction of sp³-hybridized carbons (Fsp3) is 0.125. The number of rotatable bonds is 6. The second-order valence-electron chi connectivity index (χ2n) is 7.83. The van der Waals surface area contributed by atoms with Gasteiger partial charge in [0, 0.05) is 25.2 Å². The minimum Gasteiger partial charge on any atom is -0.408 e.